The zero-order valence-corrected chi connectivity index (χ0v) is 25.0. The van der Waals surface area contributed by atoms with E-state index in [1.807, 2.05) is 12.1 Å². The molecule has 0 radical (unpaired) electrons. The number of aromatic nitrogens is 2. The molecule has 0 spiro atoms. The fourth-order valence-corrected chi connectivity index (χ4v) is 7.23. The molecule has 4 aliphatic rings. The Labute approximate surface area is 258 Å². The summed E-state index contributed by atoms with van der Waals surface area (Å²) < 4.78 is 35.5. The molecule has 3 aromatic carbocycles. The Morgan fingerprint density at radius 3 is 2.66 bits per heavy atom. The van der Waals surface area contributed by atoms with Crippen LogP contribution in [-0.2, 0) is 23.6 Å². The van der Waals surface area contributed by atoms with Gasteiger partial charge in [0, 0.05) is 43.7 Å². The van der Waals surface area contributed by atoms with E-state index in [9.17, 15) is 14.3 Å². The van der Waals surface area contributed by atoms with Crippen molar-refractivity contribution in [2.24, 2.45) is 0 Å². The number of para-hydroxylation sites is 1. The molecule has 4 atom stereocenters. The number of carboxylic acids is 1. The number of rotatable bonds is 7. The van der Waals surface area contributed by atoms with E-state index < -0.39 is 17.6 Å². The van der Waals surface area contributed by atoms with Crippen LogP contribution in [0.15, 0.2) is 54.6 Å². The number of aromatic carboxylic acids is 1. The van der Waals surface area contributed by atoms with E-state index in [2.05, 4.69) is 20.4 Å². The summed E-state index contributed by atoms with van der Waals surface area (Å²) in [5.74, 6) is -0.593. The van der Waals surface area contributed by atoms with Crippen LogP contribution in [0, 0.1) is 5.82 Å². The van der Waals surface area contributed by atoms with Crippen LogP contribution in [0.2, 0.25) is 5.02 Å². The third-order valence-corrected chi connectivity index (χ3v) is 9.82. The second-order valence-corrected chi connectivity index (χ2v) is 12.6. The smallest absolute Gasteiger partial charge is 0.335 e. The summed E-state index contributed by atoms with van der Waals surface area (Å²) in [6.45, 7) is 5.40. The number of benzene rings is 3. The largest absolute Gasteiger partial charge is 0.478 e. The maximum absolute atomic E-state index is 14.9. The van der Waals surface area contributed by atoms with Gasteiger partial charge in [0.05, 0.1) is 47.0 Å². The molecule has 0 amide bonds. The number of hydrogen-bond acceptors (Lipinski definition) is 7. The van der Waals surface area contributed by atoms with Crippen LogP contribution >= 0.6 is 11.6 Å². The first kappa shape index (κ1) is 27.7. The van der Waals surface area contributed by atoms with E-state index in [0.717, 1.165) is 61.5 Å². The first-order valence-corrected chi connectivity index (χ1v) is 15.5. The summed E-state index contributed by atoms with van der Waals surface area (Å²) >= 11 is 6.00. The Morgan fingerprint density at radius 2 is 1.93 bits per heavy atom. The van der Waals surface area contributed by atoms with E-state index in [-0.39, 0.29) is 17.7 Å². The molecule has 44 heavy (non-hydrogen) atoms. The SMILES string of the molecule is C[C@]1(c2ccc(Cl)cc2F)Oc2cccc(N3CCN(Cc4nc5ccc(C(=O)O)cc5n4C[C@@H]4CCO4)[C@@H]4CC[C@@H]43)c2O1. The number of carbonyl (C=O) groups is 1. The van der Waals surface area contributed by atoms with Crippen LogP contribution in [0.4, 0.5) is 10.1 Å². The Hall–Kier alpha value is -3.86. The van der Waals surface area contributed by atoms with Crippen molar-refractivity contribution in [2.45, 2.75) is 63.3 Å². The van der Waals surface area contributed by atoms with Gasteiger partial charge in [-0.2, -0.15) is 0 Å². The van der Waals surface area contributed by atoms with Gasteiger partial charge in [-0.1, -0.05) is 17.7 Å². The van der Waals surface area contributed by atoms with Crippen LogP contribution in [0.25, 0.3) is 11.0 Å². The Kier molecular flexibility index (Phi) is 6.51. The van der Waals surface area contributed by atoms with E-state index >= 15 is 0 Å². The Bertz CT molecular complexity index is 1790. The minimum absolute atomic E-state index is 0.113. The van der Waals surface area contributed by atoms with Crippen molar-refractivity contribution in [1.29, 1.82) is 0 Å². The van der Waals surface area contributed by atoms with E-state index in [4.69, 9.17) is 30.8 Å². The maximum atomic E-state index is 14.9. The van der Waals surface area contributed by atoms with Crippen LogP contribution in [0.5, 0.6) is 11.5 Å². The quantitative estimate of drug-likeness (QED) is 0.278. The monoisotopic (exact) mass is 618 g/mol. The third-order valence-electron chi connectivity index (χ3n) is 9.59. The fraction of sp³-hybridized carbons (Fsp3) is 0.394. The van der Waals surface area contributed by atoms with Crippen molar-refractivity contribution >= 4 is 34.3 Å². The summed E-state index contributed by atoms with van der Waals surface area (Å²) in [7, 11) is 0. The molecule has 0 bridgehead atoms. The highest BCUT2D eigenvalue weighted by molar-refractivity contribution is 6.30. The number of halogens is 2. The van der Waals surface area contributed by atoms with Gasteiger partial charge in [0.15, 0.2) is 11.5 Å². The molecule has 1 aromatic heterocycles. The van der Waals surface area contributed by atoms with E-state index in [1.165, 1.54) is 6.07 Å². The molecular formula is C33H32ClFN4O5. The van der Waals surface area contributed by atoms with Gasteiger partial charge in [0.1, 0.15) is 11.6 Å². The molecule has 4 aromatic rings. The molecule has 8 rings (SSSR count). The molecule has 2 saturated heterocycles. The predicted molar refractivity (Wildman–Crippen MR) is 162 cm³/mol. The lowest BCUT2D eigenvalue weighted by atomic mass is 9.81. The topological polar surface area (TPSA) is 89.3 Å². The predicted octanol–water partition coefficient (Wildman–Crippen LogP) is 5.81. The van der Waals surface area contributed by atoms with Gasteiger partial charge >= 0.3 is 5.97 Å². The molecule has 9 nitrogen and oxygen atoms in total. The van der Waals surface area contributed by atoms with Crippen molar-refractivity contribution < 1.29 is 28.5 Å². The highest BCUT2D eigenvalue weighted by Crippen LogP contribution is 2.51. The maximum Gasteiger partial charge on any atom is 0.335 e. The van der Waals surface area contributed by atoms with Gasteiger partial charge in [0.25, 0.3) is 5.79 Å². The van der Waals surface area contributed by atoms with Crippen molar-refractivity contribution in [3.05, 3.63) is 82.4 Å². The fourth-order valence-electron chi connectivity index (χ4n) is 7.07. The van der Waals surface area contributed by atoms with Gasteiger partial charge in [0.2, 0.25) is 0 Å². The number of imidazole rings is 1. The lowest BCUT2D eigenvalue weighted by Crippen LogP contribution is -2.64. The zero-order valence-electron chi connectivity index (χ0n) is 24.2. The molecule has 1 aliphatic carbocycles. The van der Waals surface area contributed by atoms with Crippen LogP contribution < -0.4 is 14.4 Å². The number of piperazine rings is 1. The number of fused-ring (bicyclic) bond motifs is 3. The Balaban J connectivity index is 1.05. The molecule has 1 saturated carbocycles. The Morgan fingerprint density at radius 1 is 1.09 bits per heavy atom. The lowest BCUT2D eigenvalue weighted by Gasteiger charge is -2.54. The summed E-state index contributed by atoms with van der Waals surface area (Å²) in [5.41, 5.74) is 3.12. The molecule has 11 heteroatoms. The van der Waals surface area contributed by atoms with Crippen molar-refractivity contribution in [1.82, 2.24) is 14.5 Å². The van der Waals surface area contributed by atoms with E-state index in [0.29, 0.717) is 41.2 Å². The first-order chi connectivity index (χ1) is 21.3. The summed E-state index contributed by atoms with van der Waals surface area (Å²) in [6.07, 6.45) is 3.21. The standard InChI is InChI=1S/C33H32ClFN4O5/c1-33(22-7-6-20(34)16-23(22)35)43-29-4-2-3-27(31(29)44-33)38-13-12-37(25-9-10-26(25)38)18-30-36-24-8-5-19(32(40)41)15-28(24)39(30)17-21-11-14-42-21/h2-8,15-16,21,25-26H,9-14,17-18H2,1H3,(H,40,41)/t21-,25+,26-,33-/m0/s1. The summed E-state index contributed by atoms with van der Waals surface area (Å²) in [5, 5.41) is 9.91. The molecule has 4 heterocycles. The summed E-state index contributed by atoms with van der Waals surface area (Å²) in [6, 6.07) is 16.1. The second-order valence-electron chi connectivity index (χ2n) is 12.2. The number of ether oxygens (including phenoxy) is 3. The molecule has 0 unspecified atom stereocenters. The highest BCUT2D eigenvalue weighted by atomic mass is 35.5. The highest BCUT2D eigenvalue weighted by Gasteiger charge is 2.47. The van der Waals surface area contributed by atoms with Crippen molar-refractivity contribution in [2.75, 3.05) is 24.6 Å². The average Bonchev–Trinajstić information content (AvgIpc) is 3.47. The van der Waals surface area contributed by atoms with Gasteiger partial charge in [-0.15, -0.1) is 0 Å². The first-order valence-electron chi connectivity index (χ1n) is 15.1. The minimum atomic E-state index is -1.31. The van der Waals surface area contributed by atoms with Crippen molar-refractivity contribution in [3.8, 4) is 11.5 Å². The van der Waals surface area contributed by atoms with Crippen LogP contribution in [0.3, 0.4) is 0 Å². The average molecular weight is 619 g/mol. The molecule has 3 aliphatic heterocycles. The van der Waals surface area contributed by atoms with Gasteiger partial charge < -0.3 is 28.8 Å². The molecule has 228 valence electrons. The lowest BCUT2D eigenvalue weighted by molar-refractivity contribution is -0.0706. The van der Waals surface area contributed by atoms with Gasteiger partial charge in [-0.3, -0.25) is 4.90 Å². The van der Waals surface area contributed by atoms with Crippen molar-refractivity contribution in [3.63, 3.8) is 0 Å². The number of hydrogen-bond donors (Lipinski definition) is 1. The summed E-state index contributed by atoms with van der Waals surface area (Å²) in [4.78, 5) is 21.6. The second kappa shape index (κ2) is 10.4. The number of carboxylic acid groups (broad SMARTS) is 1. The normalized spacial score (nSPS) is 25.9. The minimum Gasteiger partial charge on any atom is -0.478 e. The van der Waals surface area contributed by atoms with Crippen LogP contribution in [0.1, 0.15) is 47.9 Å². The van der Waals surface area contributed by atoms with E-state index in [1.54, 1.807) is 37.3 Å². The number of nitrogens with zero attached hydrogens (tertiary/aromatic N) is 4. The van der Waals surface area contributed by atoms with Crippen LogP contribution in [-0.4, -0.2) is 63.4 Å². The zero-order chi connectivity index (χ0) is 30.2. The third kappa shape index (κ3) is 4.50. The van der Waals surface area contributed by atoms with Gasteiger partial charge in [-0.25, -0.2) is 14.2 Å². The molecular weight excluding hydrogens is 587 g/mol. The van der Waals surface area contributed by atoms with Gasteiger partial charge in [-0.05, 0) is 67.8 Å². The molecule has 1 N–H and O–H groups in total. The molecule has 3 fully saturated rings. The number of anilines is 1.